The minimum Gasteiger partial charge on any atom is -0.487 e. The zero-order valence-electron chi connectivity index (χ0n) is 18.4. The molecule has 8 nitrogen and oxygen atoms in total. The van der Waals surface area contributed by atoms with Gasteiger partial charge in [0.1, 0.15) is 12.4 Å². The second-order valence-corrected chi connectivity index (χ2v) is 8.37. The first-order chi connectivity index (χ1) is 16.1. The minimum atomic E-state index is -0.256. The molecule has 1 saturated heterocycles. The van der Waals surface area contributed by atoms with Gasteiger partial charge in [-0.25, -0.2) is 4.98 Å². The van der Waals surface area contributed by atoms with E-state index in [0.717, 1.165) is 37.7 Å². The van der Waals surface area contributed by atoms with Crippen LogP contribution >= 0.6 is 11.3 Å². The first kappa shape index (κ1) is 22.8. The maximum Gasteiger partial charge on any atom is 0.254 e. The predicted molar refractivity (Wildman–Crippen MR) is 128 cm³/mol. The van der Waals surface area contributed by atoms with Crippen molar-refractivity contribution < 1.29 is 19.1 Å². The quantitative estimate of drug-likeness (QED) is 0.549. The van der Waals surface area contributed by atoms with Gasteiger partial charge >= 0.3 is 0 Å². The van der Waals surface area contributed by atoms with Gasteiger partial charge in [-0.1, -0.05) is 0 Å². The number of nitrogens with one attached hydrogen (secondary N) is 1. The van der Waals surface area contributed by atoms with Crippen LogP contribution in [0.2, 0.25) is 0 Å². The Morgan fingerprint density at radius 3 is 2.52 bits per heavy atom. The third-order valence-corrected chi connectivity index (χ3v) is 5.86. The standard InChI is InChI=1S/C24H26N4O4S/c1-27(24(30)18-2-8-22(9-3-18)32-15-20-16-33-17-25-20)14-23(29)26-19-4-6-21(7-5-19)28-10-12-31-13-11-28/h2-9,16-17H,10-15H2,1H3,(H,26,29). The molecule has 1 fully saturated rings. The lowest BCUT2D eigenvalue weighted by Gasteiger charge is -2.28. The highest BCUT2D eigenvalue weighted by Crippen LogP contribution is 2.19. The molecule has 0 spiro atoms. The van der Waals surface area contributed by atoms with Crippen LogP contribution in [0.4, 0.5) is 11.4 Å². The van der Waals surface area contributed by atoms with E-state index in [0.29, 0.717) is 23.6 Å². The van der Waals surface area contributed by atoms with Crippen LogP contribution in [0.5, 0.6) is 5.75 Å². The number of anilines is 2. The Kier molecular flexibility index (Phi) is 7.54. The highest BCUT2D eigenvalue weighted by molar-refractivity contribution is 7.07. The molecule has 1 N–H and O–H groups in total. The molecule has 9 heteroatoms. The number of nitrogens with zero attached hydrogens (tertiary/aromatic N) is 3. The lowest BCUT2D eigenvalue weighted by molar-refractivity contribution is -0.116. The van der Waals surface area contributed by atoms with Gasteiger partial charge in [-0.05, 0) is 48.5 Å². The maximum absolute atomic E-state index is 12.7. The Hall–Kier alpha value is -3.43. The Labute approximate surface area is 196 Å². The van der Waals surface area contributed by atoms with Crippen molar-refractivity contribution in [2.24, 2.45) is 0 Å². The van der Waals surface area contributed by atoms with Crippen molar-refractivity contribution in [2.75, 3.05) is 50.1 Å². The van der Waals surface area contributed by atoms with Crippen LogP contribution < -0.4 is 15.0 Å². The van der Waals surface area contributed by atoms with Crippen LogP contribution in [0.15, 0.2) is 59.4 Å². The van der Waals surface area contributed by atoms with Gasteiger partial charge in [0.15, 0.2) is 0 Å². The molecule has 0 aliphatic carbocycles. The lowest BCUT2D eigenvalue weighted by atomic mass is 10.2. The number of morpholine rings is 1. The zero-order chi connectivity index (χ0) is 23.0. The topological polar surface area (TPSA) is 84.0 Å². The van der Waals surface area contributed by atoms with Crippen molar-refractivity contribution in [3.8, 4) is 5.75 Å². The van der Waals surface area contributed by atoms with Crippen LogP contribution in [-0.4, -0.2) is 61.6 Å². The van der Waals surface area contributed by atoms with Gasteiger partial charge in [-0.2, -0.15) is 0 Å². The number of amides is 2. The number of likely N-dealkylation sites (N-methyl/N-ethyl adjacent to an activating group) is 1. The van der Waals surface area contributed by atoms with E-state index in [9.17, 15) is 9.59 Å². The smallest absolute Gasteiger partial charge is 0.254 e. The third-order valence-electron chi connectivity index (χ3n) is 5.23. The van der Waals surface area contributed by atoms with Crippen LogP contribution in [0.3, 0.4) is 0 Å². The molecule has 0 atom stereocenters. The van der Waals surface area contributed by atoms with Crippen molar-refractivity contribution in [2.45, 2.75) is 6.61 Å². The van der Waals surface area contributed by atoms with E-state index >= 15 is 0 Å². The molecule has 4 rings (SSSR count). The van der Waals surface area contributed by atoms with E-state index in [1.807, 2.05) is 29.6 Å². The molecule has 3 aromatic rings. The summed E-state index contributed by atoms with van der Waals surface area (Å²) in [5.41, 5.74) is 4.90. The van der Waals surface area contributed by atoms with Crippen LogP contribution in [0.25, 0.3) is 0 Å². The number of carbonyl (C=O) groups excluding carboxylic acids is 2. The summed E-state index contributed by atoms with van der Waals surface area (Å²) in [7, 11) is 1.61. The van der Waals surface area contributed by atoms with Crippen molar-refractivity contribution in [3.63, 3.8) is 0 Å². The number of ether oxygens (including phenoxy) is 2. The summed E-state index contributed by atoms with van der Waals surface area (Å²) in [5.74, 6) is 0.160. The normalized spacial score (nSPS) is 13.4. The van der Waals surface area contributed by atoms with Crippen LogP contribution in [-0.2, 0) is 16.1 Å². The highest BCUT2D eigenvalue weighted by Gasteiger charge is 2.16. The molecule has 2 aromatic carbocycles. The number of benzene rings is 2. The number of hydrogen-bond donors (Lipinski definition) is 1. The molecular weight excluding hydrogens is 440 g/mol. The second-order valence-electron chi connectivity index (χ2n) is 7.65. The van der Waals surface area contributed by atoms with Gasteiger partial charge in [0.05, 0.1) is 31.0 Å². The molecule has 172 valence electrons. The first-order valence-electron chi connectivity index (χ1n) is 10.7. The van der Waals surface area contributed by atoms with Crippen molar-refractivity contribution in [1.82, 2.24) is 9.88 Å². The minimum absolute atomic E-state index is 0.0495. The average molecular weight is 467 g/mol. The summed E-state index contributed by atoms with van der Waals surface area (Å²) in [4.78, 5) is 32.9. The molecule has 1 aromatic heterocycles. The zero-order valence-corrected chi connectivity index (χ0v) is 19.2. The molecule has 33 heavy (non-hydrogen) atoms. The largest absolute Gasteiger partial charge is 0.487 e. The van der Waals surface area contributed by atoms with Crippen LogP contribution in [0.1, 0.15) is 16.1 Å². The maximum atomic E-state index is 12.7. The number of hydrogen-bond acceptors (Lipinski definition) is 7. The van der Waals surface area contributed by atoms with Gasteiger partial charge in [-0.15, -0.1) is 11.3 Å². The fourth-order valence-corrected chi connectivity index (χ4v) is 3.99. The van der Waals surface area contributed by atoms with E-state index in [-0.39, 0.29) is 18.4 Å². The summed E-state index contributed by atoms with van der Waals surface area (Å²) in [6.07, 6.45) is 0. The number of thiazole rings is 1. The number of aromatic nitrogens is 1. The molecule has 1 aliphatic heterocycles. The van der Waals surface area contributed by atoms with Crippen molar-refractivity contribution >= 4 is 34.5 Å². The second kappa shape index (κ2) is 10.9. The molecule has 2 amide bonds. The number of rotatable bonds is 8. The number of carbonyl (C=O) groups is 2. The van der Waals surface area contributed by atoms with Gasteiger partial charge in [0, 0.05) is 42.5 Å². The van der Waals surface area contributed by atoms with E-state index in [1.54, 1.807) is 36.8 Å². The lowest BCUT2D eigenvalue weighted by Crippen LogP contribution is -2.36. The monoisotopic (exact) mass is 466 g/mol. The molecule has 0 saturated carbocycles. The van der Waals surface area contributed by atoms with Gasteiger partial charge in [-0.3, -0.25) is 9.59 Å². The fourth-order valence-electron chi connectivity index (χ4n) is 3.45. The van der Waals surface area contributed by atoms with Crippen LogP contribution in [0, 0.1) is 0 Å². The Bertz CT molecular complexity index is 1050. The molecule has 0 unspecified atom stereocenters. The van der Waals surface area contributed by atoms with E-state index < -0.39 is 0 Å². The Morgan fingerprint density at radius 2 is 1.85 bits per heavy atom. The van der Waals surface area contributed by atoms with Crippen molar-refractivity contribution in [1.29, 1.82) is 0 Å². The Balaban J connectivity index is 1.26. The molecule has 0 radical (unpaired) electrons. The molecule has 0 bridgehead atoms. The molecule has 2 heterocycles. The molecule has 1 aliphatic rings. The Morgan fingerprint density at radius 1 is 1.12 bits per heavy atom. The summed E-state index contributed by atoms with van der Waals surface area (Å²) in [5, 5.41) is 4.77. The average Bonchev–Trinajstić information content (AvgIpc) is 3.37. The van der Waals surface area contributed by atoms with E-state index in [4.69, 9.17) is 9.47 Å². The first-order valence-corrected chi connectivity index (χ1v) is 11.6. The summed E-state index contributed by atoms with van der Waals surface area (Å²) in [6, 6.07) is 14.6. The summed E-state index contributed by atoms with van der Waals surface area (Å²) in [6.45, 7) is 3.49. The summed E-state index contributed by atoms with van der Waals surface area (Å²) < 4.78 is 11.0. The van der Waals surface area contributed by atoms with Gasteiger partial charge in [0.25, 0.3) is 5.91 Å². The van der Waals surface area contributed by atoms with Gasteiger partial charge in [0.2, 0.25) is 5.91 Å². The SMILES string of the molecule is CN(CC(=O)Nc1ccc(N2CCOCC2)cc1)C(=O)c1ccc(OCc2cscn2)cc1. The fraction of sp³-hybridized carbons (Fsp3) is 0.292. The highest BCUT2D eigenvalue weighted by atomic mass is 32.1. The van der Waals surface area contributed by atoms with E-state index in [2.05, 4.69) is 15.2 Å². The third kappa shape index (κ3) is 6.30. The van der Waals surface area contributed by atoms with Crippen molar-refractivity contribution in [3.05, 3.63) is 70.7 Å². The predicted octanol–water partition coefficient (Wildman–Crippen LogP) is 3.27. The summed E-state index contributed by atoms with van der Waals surface area (Å²) >= 11 is 1.52. The molecular formula is C24H26N4O4S. The van der Waals surface area contributed by atoms with Gasteiger partial charge < -0.3 is 24.6 Å². The van der Waals surface area contributed by atoms with E-state index in [1.165, 1.54) is 16.2 Å².